The molecule has 2 atom stereocenters. The van der Waals surface area contributed by atoms with E-state index in [1.54, 1.807) is 20.3 Å². The molecule has 1 aliphatic heterocycles. The third-order valence-electron chi connectivity index (χ3n) is 4.57. The van der Waals surface area contributed by atoms with E-state index in [1.807, 2.05) is 12.1 Å². The monoisotopic (exact) mass is 354 g/mol. The van der Waals surface area contributed by atoms with Gasteiger partial charge in [0.2, 0.25) is 11.8 Å². The summed E-state index contributed by atoms with van der Waals surface area (Å²) in [6.45, 7) is 6.18. The maximum atomic E-state index is 9.75. The van der Waals surface area contributed by atoms with Gasteiger partial charge in [-0.25, -0.2) is 0 Å². The van der Waals surface area contributed by atoms with Gasteiger partial charge in [-0.05, 0) is 6.07 Å². The maximum Gasteiger partial charge on any atom is 0.243 e. The van der Waals surface area contributed by atoms with Crippen molar-refractivity contribution in [1.82, 2.24) is 10.2 Å². The first-order valence-electron chi connectivity index (χ1n) is 8.28. The van der Waals surface area contributed by atoms with Gasteiger partial charge in [0.25, 0.3) is 0 Å². The summed E-state index contributed by atoms with van der Waals surface area (Å²) in [4.78, 5) is 0. The van der Waals surface area contributed by atoms with Gasteiger partial charge in [0.15, 0.2) is 0 Å². The normalized spacial score (nSPS) is 19.3. The summed E-state index contributed by atoms with van der Waals surface area (Å²) >= 11 is 0. The summed E-state index contributed by atoms with van der Waals surface area (Å²) in [7, 11) is 3.16. The molecule has 0 fully saturated rings. The summed E-state index contributed by atoms with van der Waals surface area (Å²) in [5.74, 6) is 0.277. The molecule has 3 rings (SSSR count). The lowest BCUT2D eigenvalue weighted by atomic mass is 9.75. The van der Waals surface area contributed by atoms with Gasteiger partial charge in [-0.3, -0.25) is 10.5 Å². The standard InChI is InChI=1S/C19H22N4O3/c1-19(2,3)16-15-14(11-7-6-10(24-4)8-13(11)25-5)12(9-20)17(21)26-18(15)23-22-16/h6-8,12,14,21H,1-5H3,(H,22,23). The zero-order chi connectivity index (χ0) is 19.1. The zero-order valence-electron chi connectivity index (χ0n) is 15.5. The Kier molecular flexibility index (Phi) is 4.36. The van der Waals surface area contributed by atoms with Gasteiger partial charge in [0, 0.05) is 34.2 Å². The Morgan fingerprint density at radius 1 is 1.27 bits per heavy atom. The molecule has 0 saturated carbocycles. The summed E-state index contributed by atoms with van der Waals surface area (Å²) in [5.41, 5.74) is 2.23. The molecular formula is C19H22N4O3. The van der Waals surface area contributed by atoms with E-state index < -0.39 is 11.8 Å². The second-order valence-corrected chi connectivity index (χ2v) is 7.23. The fourth-order valence-corrected chi connectivity index (χ4v) is 3.30. The maximum absolute atomic E-state index is 9.75. The number of benzene rings is 1. The number of nitriles is 1. The van der Waals surface area contributed by atoms with Gasteiger partial charge in [-0.2, -0.15) is 5.26 Å². The van der Waals surface area contributed by atoms with Crippen molar-refractivity contribution in [3.63, 3.8) is 0 Å². The van der Waals surface area contributed by atoms with Crippen LogP contribution in [-0.2, 0) is 5.41 Å². The molecule has 0 aliphatic carbocycles. The molecule has 2 N–H and O–H groups in total. The highest BCUT2D eigenvalue weighted by Gasteiger charge is 2.43. The van der Waals surface area contributed by atoms with Gasteiger partial charge >= 0.3 is 0 Å². The molecule has 7 heteroatoms. The van der Waals surface area contributed by atoms with Gasteiger partial charge in [-0.15, -0.1) is 5.10 Å². The molecule has 0 spiro atoms. The van der Waals surface area contributed by atoms with Crippen molar-refractivity contribution in [2.75, 3.05) is 14.2 Å². The number of nitrogens with zero attached hydrogens (tertiary/aromatic N) is 2. The Bertz CT molecular complexity index is 889. The van der Waals surface area contributed by atoms with Crippen LogP contribution in [0.4, 0.5) is 0 Å². The van der Waals surface area contributed by atoms with E-state index >= 15 is 0 Å². The Balaban J connectivity index is 2.27. The summed E-state index contributed by atoms with van der Waals surface area (Å²) < 4.78 is 16.4. The smallest absolute Gasteiger partial charge is 0.243 e. The van der Waals surface area contributed by atoms with E-state index in [9.17, 15) is 5.26 Å². The van der Waals surface area contributed by atoms with Crippen LogP contribution in [0.1, 0.15) is 43.5 Å². The molecule has 0 amide bonds. The molecule has 0 radical (unpaired) electrons. The number of nitrogens with one attached hydrogen (secondary N) is 2. The average molecular weight is 354 g/mol. The molecule has 26 heavy (non-hydrogen) atoms. The molecule has 1 aromatic heterocycles. The van der Waals surface area contributed by atoms with Gasteiger partial charge in [0.1, 0.15) is 17.4 Å². The molecule has 0 saturated heterocycles. The average Bonchev–Trinajstić information content (AvgIpc) is 3.03. The molecule has 2 aromatic rings. The number of hydrogen-bond acceptors (Lipinski definition) is 6. The lowest BCUT2D eigenvalue weighted by Gasteiger charge is -2.31. The number of H-pyrrole nitrogens is 1. The highest BCUT2D eigenvalue weighted by molar-refractivity contribution is 5.85. The topological polar surface area (TPSA) is 104 Å². The molecule has 0 bridgehead atoms. The van der Waals surface area contributed by atoms with E-state index in [0.717, 1.165) is 16.8 Å². The molecule has 1 aliphatic rings. The number of methoxy groups -OCH3 is 2. The fraction of sp³-hybridized carbons (Fsp3) is 0.421. The van der Waals surface area contributed by atoms with Crippen LogP contribution in [0.25, 0.3) is 0 Å². The van der Waals surface area contributed by atoms with Crippen LogP contribution in [0.15, 0.2) is 18.2 Å². The van der Waals surface area contributed by atoms with Gasteiger partial charge in [0.05, 0.1) is 20.3 Å². The van der Waals surface area contributed by atoms with E-state index in [1.165, 1.54) is 0 Å². The van der Waals surface area contributed by atoms with Crippen LogP contribution in [0, 0.1) is 22.7 Å². The number of rotatable bonds is 3. The Hall–Kier alpha value is -3.01. The lowest BCUT2D eigenvalue weighted by Crippen LogP contribution is -2.32. The van der Waals surface area contributed by atoms with Crippen LogP contribution >= 0.6 is 0 Å². The molecule has 2 unspecified atom stereocenters. The first-order valence-corrected chi connectivity index (χ1v) is 8.28. The minimum Gasteiger partial charge on any atom is -0.497 e. The summed E-state index contributed by atoms with van der Waals surface area (Å²) in [6, 6.07) is 7.68. The van der Waals surface area contributed by atoms with E-state index in [0.29, 0.717) is 17.4 Å². The van der Waals surface area contributed by atoms with E-state index in [4.69, 9.17) is 19.6 Å². The van der Waals surface area contributed by atoms with Crippen molar-refractivity contribution >= 4 is 5.90 Å². The first-order chi connectivity index (χ1) is 12.3. The molecule has 1 aromatic carbocycles. The highest BCUT2D eigenvalue weighted by Crippen LogP contribution is 2.48. The second kappa shape index (κ2) is 6.37. The Labute approximate surface area is 152 Å². The van der Waals surface area contributed by atoms with Gasteiger partial charge < -0.3 is 14.2 Å². The quantitative estimate of drug-likeness (QED) is 0.879. The van der Waals surface area contributed by atoms with Crippen molar-refractivity contribution < 1.29 is 14.2 Å². The summed E-state index contributed by atoms with van der Waals surface area (Å²) in [6.07, 6.45) is 0. The highest BCUT2D eigenvalue weighted by atomic mass is 16.5. The van der Waals surface area contributed by atoms with Crippen LogP contribution in [-0.4, -0.2) is 30.3 Å². The number of aromatic amines is 1. The SMILES string of the molecule is COc1ccc(C2c3c(n[nH]c3C(C)(C)C)OC(=N)C2C#N)c(OC)c1. The minimum absolute atomic E-state index is 0.116. The van der Waals surface area contributed by atoms with Gasteiger partial charge in [-0.1, -0.05) is 26.8 Å². The zero-order valence-corrected chi connectivity index (χ0v) is 15.5. The molecule has 2 heterocycles. The minimum atomic E-state index is -0.775. The number of aromatic nitrogens is 2. The Morgan fingerprint density at radius 2 is 2.00 bits per heavy atom. The third-order valence-corrected chi connectivity index (χ3v) is 4.57. The van der Waals surface area contributed by atoms with Crippen LogP contribution in [0.3, 0.4) is 0 Å². The largest absolute Gasteiger partial charge is 0.497 e. The van der Waals surface area contributed by atoms with Crippen LogP contribution in [0.2, 0.25) is 0 Å². The lowest BCUT2D eigenvalue weighted by molar-refractivity contribution is 0.383. The van der Waals surface area contributed by atoms with Crippen LogP contribution in [0.5, 0.6) is 17.4 Å². The molecule has 136 valence electrons. The fourth-order valence-electron chi connectivity index (χ4n) is 3.30. The van der Waals surface area contributed by atoms with Crippen molar-refractivity contribution in [2.45, 2.75) is 32.1 Å². The molecule has 7 nitrogen and oxygen atoms in total. The molecular weight excluding hydrogens is 332 g/mol. The van der Waals surface area contributed by atoms with E-state index in [2.05, 4.69) is 37.0 Å². The van der Waals surface area contributed by atoms with Crippen molar-refractivity contribution in [3.8, 4) is 23.4 Å². The van der Waals surface area contributed by atoms with Crippen LogP contribution < -0.4 is 14.2 Å². The number of fused-ring (bicyclic) bond motifs is 1. The predicted octanol–water partition coefficient (Wildman–Crippen LogP) is 3.37. The second-order valence-electron chi connectivity index (χ2n) is 7.23. The predicted molar refractivity (Wildman–Crippen MR) is 96.1 cm³/mol. The Morgan fingerprint density at radius 3 is 2.58 bits per heavy atom. The number of ether oxygens (including phenoxy) is 3. The van der Waals surface area contributed by atoms with Crippen molar-refractivity contribution in [1.29, 1.82) is 10.7 Å². The van der Waals surface area contributed by atoms with E-state index in [-0.39, 0.29) is 11.3 Å². The first kappa shape index (κ1) is 17.8. The van der Waals surface area contributed by atoms with Crippen molar-refractivity contribution in [3.05, 3.63) is 35.0 Å². The van der Waals surface area contributed by atoms with Crippen molar-refractivity contribution in [2.24, 2.45) is 5.92 Å². The third kappa shape index (κ3) is 2.77. The summed E-state index contributed by atoms with van der Waals surface area (Å²) in [5, 5.41) is 25.2. The number of hydrogen-bond donors (Lipinski definition) is 2.